The first-order chi connectivity index (χ1) is 10.2. The minimum absolute atomic E-state index is 0.0247. The van der Waals surface area contributed by atoms with E-state index in [1.165, 1.54) is 10.7 Å². The Morgan fingerprint density at radius 3 is 2.95 bits per heavy atom. The number of anilines is 1. The van der Waals surface area contributed by atoms with Crippen LogP contribution in [0.4, 0.5) is 10.1 Å². The Morgan fingerprint density at radius 1 is 1.38 bits per heavy atom. The van der Waals surface area contributed by atoms with Gasteiger partial charge >= 0.3 is 0 Å². The molecule has 1 aliphatic heterocycles. The van der Waals surface area contributed by atoms with Crippen LogP contribution in [0.25, 0.3) is 0 Å². The summed E-state index contributed by atoms with van der Waals surface area (Å²) < 4.78 is 15.5. The fourth-order valence-electron chi connectivity index (χ4n) is 2.34. The van der Waals surface area contributed by atoms with Crippen LogP contribution >= 0.6 is 0 Å². The fourth-order valence-corrected chi connectivity index (χ4v) is 2.34. The summed E-state index contributed by atoms with van der Waals surface area (Å²) in [4.78, 5) is 5.79. The van der Waals surface area contributed by atoms with Crippen molar-refractivity contribution in [2.24, 2.45) is 10.7 Å². The van der Waals surface area contributed by atoms with Gasteiger partial charge in [0.1, 0.15) is 17.6 Å². The van der Waals surface area contributed by atoms with Crippen molar-refractivity contribution in [2.75, 3.05) is 18.1 Å². The Kier molecular flexibility index (Phi) is 3.53. The molecule has 3 N–H and O–H groups in total. The minimum atomic E-state index is -0.370. The van der Waals surface area contributed by atoms with E-state index < -0.39 is 0 Å². The lowest BCUT2D eigenvalue weighted by Gasteiger charge is -2.25. The summed E-state index contributed by atoms with van der Waals surface area (Å²) in [5.41, 5.74) is 6.88. The van der Waals surface area contributed by atoms with Crippen molar-refractivity contribution in [3.63, 3.8) is 0 Å². The molecule has 2 heterocycles. The first-order valence-corrected chi connectivity index (χ1v) is 6.55. The maximum Gasteiger partial charge on any atom is 0.196 e. The molecule has 8 heteroatoms. The number of halogens is 1. The third-order valence-corrected chi connectivity index (χ3v) is 3.32. The normalized spacial score (nSPS) is 18.1. The smallest absolute Gasteiger partial charge is 0.196 e. The summed E-state index contributed by atoms with van der Waals surface area (Å²) in [5.74, 6) is -0.118. The van der Waals surface area contributed by atoms with E-state index in [0.29, 0.717) is 24.5 Å². The summed E-state index contributed by atoms with van der Waals surface area (Å²) in [7, 11) is 0. The van der Waals surface area contributed by atoms with Gasteiger partial charge in [0.05, 0.1) is 31.6 Å². The van der Waals surface area contributed by atoms with E-state index in [2.05, 4.69) is 15.3 Å². The largest absolute Gasteiger partial charge is 0.394 e. The van der Waals surface area contributed by atoms with E-state index in [9.17, 15) is 4.39 Å². The SMILES string of the molecule is NC1=NCC(c2cn(CCO)nn2)N1c1ccccc1F. The number of para-hydroxylation sites is 1. The summed E-state index contributed by atoms with van der Waals surface area (Å²) in [6.45, 7) is 0.719. The van der Waals surface area contributed by atoms with Crippen molar-refractivity contribution in [1.29, 1.82) is 0 Å². The van der Waals surface area contributed by atoms with Crippen LogP contribution in [-0.2, 0) is 6.54 Å². The Bertz CT molecular complexity index is 670. The van der Waals surface area contributed by atoms with Crippen molar-refractivity contribution in [3.05, 3.63) is 42.0 Å². The van der Waals surface area contributed by atoms with E-state index in [1.807, 2.05) is 0 Å². The molecule has 0 amide bonds. The first-order valence-electron chi connectivity index (χ1n) is 6.55. The van der Waals surface area contributed by atoms with Crippen LogP contribution in [0, 0.1) is 5.82 Å². The molecule has 1 atom stereocenters. The van der Waals surface area contributed by atoms with Crippen molar-refractivity contribution >= 4 is 11.6 Å². The topological polar surface area (TPSA) is 92.6 Å². The Morgan fingerprint density at radius 2 is 2.19 bits per heavy atom. The number of aliphatic imine (C=N–C) groups is 1. The van der Waals surface area contributed by atoms with E-state index in [1.54, 1.807) is 29.3 Å². The number of hydrogen-bond acceptors (Lipinski definition) is 6. The van der Waals surface area contributed by atoms with E-state index in [0.717, 1.165) is 0 Å². The van der Waals surface area contributed by atoms with Gasteiger partial charge in [0, 0.05) is 0 Å². The number of hydrogen-bond donors (Lipinski definition) is 2. The van der Waals surface area contributed by atoms with Crippen molar-refractivity contribution in [2.45, 2.75) is 12.6 Å². The number of aliphatic hydroxyl groups excluding tert-OH is 1. The lowest BCUT2D eigenvalue weighted by Crippen LogP contribution is -2.36. The highest BCUT2D eigenvalue weighted by Crippen LogP contribution is 2.31. The van der Waals surface area contributed by atoms with Crippen molar-refractivity contribution in [3.8, 4) is 0 Å². The number of nitrogens with zero attached hydrogens (tertiary/aromatic N) is 5. The van der Waals surface area contributed by atoms with Gasteiger partial charge in [0.2, 0.25) is 0 Å². The Balaban J connectivity index is 1.93. The van der Waals surface area contributed by atoms with E-state index in [4.69, 9.17) is 10.8 Å². The number of guanidine groups is 1. The lowest BCUT2D eigenvalue weighted by atomic mass is 10.1. The Hall–Kier alpha value is -2.48. The van der Waals surface area contributed by atoms with Gasteiger partial charge in [0.25, 0.3) is 0 Å². The zero-order valence-electron chi connectivity index (χ0n) is 11.2. The van der Waals surface area contributed by atoms with Crippen LogP contribution < -0.4 is 10.6 Å². The molecule has 0 bridgehead atoms. The summed E-state index contributed by atoms with van der Waals surface area (Å²) in [6.07, 6.45) is 1.71. The monoisotopic (exact) mass is 290 g/mol. The molecule has 1 aromatic heterocycles. The molecule has 2 aromatic rings. The zero-order chi connectivity index (χ0) is 14.8. The first kappa shape index (κ1) is 13.5. The summed E-state index contributed by atoms with van der Waals surface area (Å²) in [5, 5.41) is 16.9. The van der Waals surface area contributed by atoms with Gasteiger partial charge in [-0.15, -0.1) is 5.10 Å². The highest BCUT2D eigenvalue weighted by Gasteiger charge is 2.32. The fraction of sp³-hybridized carbons (Fsp3) is 0.308. The molecule has 0 aliphatic carbocycles. The number of aliphatic hydroxyl groups is 1. The van der Waals surface area contributed by atoms with Gasteiger partial charge in [-0.3, -0.25) is 9.89 Å². The van der Waals surface area contributed by atoms with Crippen LogP contribution in [0.1, 0.15) is 11.7 Å². The van der Waals surface area contributed by atoms with Gasteiger partial charge < -0.3 is 10.8 Å². The predicted molar refractivity (Wildman–Crippen MR) is 75.2 cm³/mol. The highest BCUT2D eigenvalue weighted by molar-refractivity contribution is 5.97. The van der Waals surface area contributed by atoms with Crippen LogP contribution in [0.3, 0.4) is 0 Å². The highest BCUT2D eigenvalue weighted by atomic mass is 19.1. The molecule has 1 aliphatic rings. The van der Waals surface area contributed by atoms with Crippen molar-refractivity contribution < 1.29 is 9.50 Å². The quantitative estimate of drug-likeness (QED) is 0.844. The van der Waals surface area contributed by atoms with Gasteiger partial charge in [0.15, 0.2) is 5.96 Å². The maximum absolute atomic E-state index is 14.0. The van der Waals surface area contributed by atoms with Crippen LogP contribution in [0.5, 0.6) is 0 Å². The second kappa shape index (κ2) is 5.49. The van der Waals surface area contributed by atoms with Crippen LogP contribution in [0.15, 0.2) is 35.5 Å². The van der Waals surface area contributed by atoms with Gasteiger partial charge in [-0.1, -0.05) is 17.3 Å². The molecule has 110 valence electrons. The number of rotatable bonds is 4. The van der Waals surface area contributed by atoms with Crippen LogP contribution in [0.2, 0.25) is 0 Å². The van der Waals surface area contributed by atoms with Gasteiger partial charge in [-0.25, -0.2) is 9.07 Å². The molecule has 1 unspecified atom stereocenters. The van der Waals surface area contributed by atoms with E-state index >= 15 is 0 Å². The third kappa shape index (κ3) is 2.45. The molecule has 7 nitrogen and oxygen atoms in total. The molecular weight excluding hydrogens is 275 g/mol. The molecule has 21 heavy (non-hydrogen) atoms. The number of benzene rings is 1. The third-order valence-electron chi connectivity index (χ3n) is 3.32. The average Bonchev–Trinajstić information content (AvgIpc) is 3.07. The molecule has 0 saturated heterocycles. The standard InChI is InChI=1S/C13H15FN6O/c14-9-3-1-2-4-11(9)20-12(7-16-13(20)15)10-8-19(5-6-21)18-17-10/h1-4,8,12,21H,5-7H2,(H2,15,16). The second-order valence-electron chi connectivity index (χ2n) is 4.67. The minimum Gasteiger partial charge on any atom is -0.394 e. The molecule has 0 saturated carbocycles. The zero-order valence-corrected chi connectivity index (χ0v) is 11.2. The molecular formula is C13H15FN6O. The van der Waals surface area contributed by atoms with Crippen LogP contribution in [-0.4, -0.2) is 39.2 Å². The Labute approximate surface area is 120 Å². The summed E-state index contributed by atoms with van der Waals surface area (Å²) in [6, 6.07) is 6.09. The second-order valence-corrected chi connectivity index (χ2v) is 4.67. The summed E-state index contributed by atoms with van der Waals surface area (Å²) >= 11 is 0. The average molecular weight is 290 g/mol. The molecule has 0 spiro atoms. The maximum atomic E-state index is 14.0. The van der Waals surface area contributed by atoms with Gasteiger partial charge in [-0.2, -0.15) is 0 Å². The van der Waals surface area contributed by atoms with E-state index in [-0.39, 0.29) is 24.4 Å². The number of aromatic nitrogens is 3. The number of nitrogens with two attached hydrogens (primary N) is 1. The molecule has 1 aromatic carbocycles. The molecule has 3 rings (SSSR count). The van der Waals surface area contributed by atoms with Gasteiger partial charge in [-0.05, 0) is 12.1 Å². The molecule has 0 radical (unpaired) electrons. The lowest BCUT2D eigenvalue weighted by molar-refractivity contribution is 0.268. The van der Waals surface area contributed by atoms with Crippen molar-refractivity contribution in [1.82, 2.24) is 15.0 Å². The molecule has 0 fully saturated rings. The predicted octanol–water partition coefficient (Wildman–Crippen LogP) is 0.285.